The Labute approximate surface area is 154 Å². The number of aliphatic imine (C=N–C) groups is 1. The van der Waals surface area contributed by atoms with Crippen LogP contribution in [0.1, 0.15) is 25.1 Å². The second-order valence-electron chi connectivity index (χ2n) is 5.73. The zero-order chi connectivity index (χ0) is 18.1. The van der Waals surface area contributed by atoms with Crippen molar-refractivity contribution in [1.82, 2.24) is 15.6 Å². The minimum Gasteiger partial charge on any atom is -0.489 e. The zero-order valence-electron chi connectivity index (χ0n) is 14.9. The van der Waals surface area contributed by atoms with Crippen LogP contribution in [0.15, 0.2) is 47.6 Å². The average molecular weight is 361 g/mol. The van der Waals surface area contributed by atoms with E-state index in [1.165, 1.54) is 0 Å². The molecule has 0 radical (unpaired) electrons. The van der Waals surface area contributed by atoms with E-state index in [9.17, 15) is 0 Å². The second kappa shape index (κ2) is 9.89. The second-order valence-corrected chi connectivity index (χ2v) is 6.16. The van der Waals surface area contributed by atoms with E-state index < -0.39 is 0 Å². The summed E-state index contributed by atoms with van der Waals surface area (Å²) in [6.07, 6.45) is 1.78. The van der Waals surface area contributed by atoms with Gasteiger partial charge < -0.3 is 15.4 Å². The molecule has 2 rings (SSSR count). The maximum atomic E-state index is 5.89. The van der Waals surface area contributed by atoms with Gasteiger partial charge in [0, 0.05) is 17.8 Å². The van der Waals surface area contributed by atoms with E-state index in [0.717, 1.165) is 29.5 Å². The number of hydrogen-bond acceptors (Lipinski definition) is 3. The predicted molar refractivity (Wildman–Crippen MR) is 103 cm³/mol. The van der Waals surface area contributed by atoms with E-state index in [1.807, 2.05) is 57.2 Å². The van der Waals surface area contributed by atoms with Gasteiger partial charge in [-0.25, -0.2) is 4.99 Å². The molecule has 5 nitrogen and oxygen atoms in total. The summed E-state index contributed by atoms with van der Waals surface area (Å²) in [5, 5.41) is 7.24. The van der Waals surface area contributed by atoms with E-state index in [-0.39, 0.29) is 6.10 Å². The van der Waals surface area contributed by atoms with Gasteiger partial charge in [0.15, 0.2) is 5.96 Å². The third-order valence-electron chi connectivity index (χ3n) is 3.56. The smallest absolute Gasteiger partial charge is 0.191 e. The summed E-state index contributed by atoms with van der Waals surface area (Å²) >= 11 is 5.89. The van der Waals surface area contributed by atoms with Crippen molar-refractivity contribution >= 4 is 17.6 Å². The van der Waals surface area contributed by atoms with Crippen LogP contribution in [-0.2, 0) is 6.54 Å². The number of ether oxygens (including phenoxy) is 1. The highest BCUT2D eigenvalue weighted by molar-refractivity contribution is 6.30. The van der Waals surface area contributed by atoms with E-state index in [1.54, 1.807) is 6.20 Å². The molecule has 0 saturated carbocycles. The number of nitrogens with zero attached hydrogens (tertiary/aromatic N) is 2. The van der Waals surface area contributed by atoms with Crippen molar-refractivity contribution in [2.75, 3.05) is 13.1 Å². The summed E-state index contributed by atoms with van der Waals surface area (Å²) in [6, 6.07) is 11.3. The highest BCUT2D eigenvalue weighted by Crippen LogP contribution is 2.16. The molecule has 6 heteroatoms. The molecule has 1 heterocycles. The van der Waals surface area contributed by atoms with Crippen LogP contribution in [0, 0.1) is 6.92 Å². The summed E-state index contributed by atoms with van der Waals surface area (Å²) in [4.78, 5) is 8.96. The fourth-order valence-corrected chi connectivity index (χ4v) is 2.33. The first-order valence-electron chi connectivity index (χ1n) is 8.43. The molecule has 2 aromatic rings. The number of hydrogen-bond donors (Lipinski definition) is 2. The van der Waals surface area contributed by atoms with Gasteiger partial charge in [-0.05, 0) is 56.7 Å². The standard InChI is InChI=1S/C19H25ClN4O/c1-4-21-19(24-13-18-14(2)6-5-11-22-18)23-12-15(3)25-17-9-7-16(20)8-10-17/h5-11,15H,4,12-13H2,1-3H3,(H2,21,23,24). The lowest BCUT2D eigenvalue weighted by atomic mass is 10.2. The molecule has 0 bridgehead atoms. The Morgan fingerprint density at radius 3 is 2.68 bits per heavy atom. The molecule has 1 atom stereocenters. The SMILES string of the molecule is CCNC(=NCc1ncccc1C)NCC(C)Oc1ccc(Cl)cc1. The Bertz CT molecular complexity index is 688. The maximum Gasteiger partial charge on any atom is 0.191 e. The topological polar surface area (TPSA) is 58.5 Å². The van der Waals surface area contributed by atoms with Gasteiger partial charge in [0.05, 0.1) is 18.8 Å². The number of aromatic nitrogens is 1. The summed E-state index contributed by atoms with van der Waals surface area (Å²) in [6.45, 7) is 8.05. The highest BCUT2D eigenvalue weighted by Gasteiger charge is 2.06. The quantitative estimate of drug-likeness (QED) is 0.585. The van der Waals surface area contributed by atoms with Crippen molar-refractivity contribution in [1.29, 1.82) is 0 Å². The lowest BCUT2D eigenvalue weighted by Crippen LogP contribution is -2.41. The third kappa shape index (κ3) is 6.63. The number of nitrogens with one attached hydrogen (secondary N) is 2. The number of rotatable bonds is 7. The fourth-order valence-electron chi connectivity index (χ4n) is 2.21. The van der Waals surface area contributed by atoms with Gasteiger partial charge in [0.2, 0.25) is 0 Å². The first-order chi connectivity index (χ1) is 12.1. The molecular formula is C19H25ClN4O. The van der Waals surface area contributed by atoms with Gasteiger partial charge in [0.1, 0.15) is 11.9 Å². The van der Waals surface area contributed by atoms with Gasteiger partial charge >= 0.3 is 0 Å². The van der Waals surface area contributed by atoms with Crippen molar-refractivity contribution in [2.24, 2.45) is 4.99 Å². The molecule has 0 saturated heterocycles. The van der Waals surface area contributed by atoms with E-state index >= 15 is 0 Å². The van der Waals surface area contributed by atoms with Crippen molar-refractivity contribution in [3.8, 4) is 5.75 Å². The van der Waals surface area contributed by atoms with Crippen molar-refractivity contribution in [3.63, 3.8) is 0 Å². The normalized spacial score (nSPS) is 12.6. The molecule has 0 spiro atoms. The molecule has 0 aliphatic carbocycles. The Balaban J connectivity index is 1.88. The molecule has 134 valence electrons. The lowest BCUT2D eigenvalue weighted by molar-refractivity contribution is 0.224. The summed E-state index contributed by atoms with van der Waals surface area (Å²) in [5.74, 6) is 1.55. The molecule has 1 aromatic heterocycles. The maximum absolute atomic E-state index is 5.89. The first-order valence-corrected chi connectivity index (χ1v) is 8.81. The summed E-state index contributed by atoms with van der Waals surface area (Å²) < 4.78 is 5.86. The molecule has 0 amide bonds. The van der Waals surface area contributed by atoms with Gasteiger partial charge in [-0.2, -0.15) is 0 Å². The van der Waals surface area contributed by atoms with Crippen LogP contribution < -0.4 is 15.4 Å². The molecule has 1 aromatic carbocycles. The van der Waals surface area contributed by atoms with E-state index in [0.29, 0.717) is 18.1 Å². The molecular weight excluding hydrogens is 336 g/mol. The van der Waals surface area contributed by atoms with E-state index in [4.69, 9.17) is 16.3 Å². The van der Waals surface area contributed by atoms with Gasteiger partial charge in [-0.3, -0.25) is 4.98 Å². The molecule has 25 heavy (non-hydrogen) atoms. The molecule has 0 fully saturated rings. The minimum atomic E-state index is -0.0124. The molecule has 1 unspecified atom stereocenters. The Hall–Kier alpha value is -2.27. The van der Waals surface area contributed by atoms with Gasteiger partial charge in [-0.1, -0.05) is 17.7 Å². The predicted octanol–water partition coefficient (Wildman–Crippen LogP) is 3.57. The van der Waals surface area contributed by atoms with Gasteiger partial charge in [-0.15, -0.1) is 0 Å². The number of guanidine groups is 1. The Morgan fingerprint density at radius 1 is 1.24 bits per heavy atom. The van der Waals surface area contributed by atoms with Crippen molar-refractivity contribution in [2.45, 2.75) is 33.4 Å². The van der Waals surface area contributed by atoms with Gasteiger partial charge in [0.25, 0.3) is 0 Å². The number of benzene rings is 1. The molecule has 2 N–H and O–H groups in total. The lowest BCUT2D eigenvalue weighted by Gasteiger charge is -2.17. The van der Waals surface area contributed by atoms with Crippen LogP contribution in [-0.4, -0.2) is 30.1 Å². The monoisotopic (exact) mass is 360 g/mol. The van der Waals surface area contributed by atoms with Crippen molar-refractivity contribution in [3.05, 3.63) is 58.9 Å². The van der Waals surface area contributed by atoms with Crippen LogP contribution in [0.3, 0.4) is 0 Å². The van der Waals surface area contributed by atoms with Crippen LogP contribution in [0.25, 0.3) is 0 Å². The van der Waals surface area contributed by atoms with Crippen LogP contribution in [0.4, 0.5) is 0 Å². The zero-order valence-corrected chi connectivity index (χ0v) is 15.7. The summed E-state index contributed by atoms with van der Waals surface area (Å²) in [5.41, 5.74) is 2.12. The van der Waals surface area contributed by atoms with E-state index in [2.05, 4.69) is 20.6 Å². The molecule has 0 aliphatic heterocycles. The Kier molecular flexibility index (Phi) is 7.54. The average Bonchev–Trinajstić information content (AvgIpc) is 2.60. The van der Waals surface area contributed by atoms with Crippen LogP contribution in [0.5, 0.6) is 5.75 Å². The summed E-state index contributed by atoms with van der Waals surface area (Å²) in [7, 11) is 0. The Morgan fingerprint density at radius 2 is 2.00 bits per heavy atom. The van der Waals surface area contributed by atoms with Crippen LogP contribution >= 0.6 is 11.6 Å². The minimum absolute atomic E-state index is 0.0124. The number of pyridine rings is 1. The first kappa shape index (κ1) is 19.1. The molecule has 0 aliphatic rings. The van der Waals surface area contributed by atoms with Crippen LogP contribution in [0.2, 0.25) is 5.02 Å². The largest absolute Gasteiger partial charge is 0.489 e. The third-order valence-corrected chi connectivity index (χ3v) is 3.81. The highest BCUT2D eigenvalue weighted by atomic mass is 35.5. The fraction of sp³-hybridized carbons (Fsp3) is 0.368. The van der Waals surface area contributed by atoms with Crippen molar-refractivity contribution < 1.29 is 4.74 Å². The number of aryl methyl sites for hydroxylation is 1. The number of halogens is 1.